The van der Waals surface area contributed by atoms with E-state index in [0.717, 1.165) is 36.5 Å². The van der Waals surface area contributed by atoms with E-state index in [-0.39, 0.29) is 17.9 Å². The summed E-state index contributed by atoms with van der Waals surface area (Å²) in [6.07, 6.45) is 8.82. The van der Waals surface area contributed by atoms with Crippen LogP contribution in [0.3, 0.4) is 0 Å². The highest BCUT2D eigenvalue weighted by Gasteiger charge is 2.54. The highest BCUT2D eigenvalue weighted by atomic mass is 32.1. The van der Waals surface area contributed by atoms with Gasteiger partial charge in [-0.25, -0.2) is 4.98 Å². The maximum atomic E-state index is 13.5. The zero-order valence-corrected chi connectivity index (χ0v) is 17.0. The molecule has 6 nitrogen and oxygen atoms in total. The van der Waals surface area contributed by atoms with Gasteiger partial charge in [-0.15, -0.1) is 11.3 Å². The Morgan fingerprint density at radius 1 is 1.39 bits per heavy atom. The predicted molar refractivity (Wildman–Crippen MR) is 107 cm³/mol. The number of aryl methyl sites for hydroxylation is 1. The highest BCUT2D eigenvalue weighted by molar-refractivity contribution is 7.12. The molecule has 1 aliphatic carbocycles. The molecule has 2 saturated heterocycles. The zero-order chi connectivity index (χ0) is 19.3. The maximum absolute atomic E-state index is 13.5. The van der Waals surface area contributed by atoms with Gasteiger partial charge < -0.3 is 14.4 Å². The Morgan fingerprint density at radius 3 is 2.93 bits per heavy atom. The lowest BCUT2D eigenvalue weighted by Crippen LogP contribution is -2.50. The van der Waals surface area contributed by atoms with Crippen LogP contribution in [0.2, 0.25) is 0 Å². The minimum absolute atomic E-state index is 0.0228. The van der Waals surface area contributed by atoms with E-state index < -0.39 is 5.41 Å². The molecule has 28 heavy (non-hydrogen) atoms. The van der Waals surface area contributed by atoms with Crippen molar-refractivity contribution in [2.24, 2.45) is 18.4 Å². The van der Waals surface area contributed by atoms with Crippen LogP contribution in [0, 0.1) is 11.3 Å². The van der Waals surface area contributed by atoms with E-state index in [1.54, 1.807) is 6.33 Å². The molecule has 2 atom stereocenters. The second kappa shape index (κ2) is 6.72. The van der Waals surface area contributed by atoms with Gasteiger partial charge in [-0.3, -0.25) is 9.59 Å². The zero-order valence-electron chi connectivity index (χ0n) is 16.2. The number of amides is 2. The van der Waals surface area contributed by atoms with Crippen LogP contribution in [-0.2, 0) is 11.8 Å². The molecule has 4 heterocycles. The number of piperidine rings is 1. The quantitative estimate of drug-likeness (QED) is 0.795. The lowest BCUT2D eigenvalue weighted by molar-refractivity contribution is -0.145. The topological polar surface area (TPSA) is 58.4 Å². The van der Waals surface area contributed by atoms with Gasteiger partial charge in [0, 0.05) is 32.9 Å². The van der Waals surface area contributed by atoms with Crippen LogP contribution in [0.5, 0.6) is 0 Å². The molecule has 3 fully saturated rings. The van der Waals surface area contributed by atoms with Gasteiger partial charge in [0.05, 0.1) is 28.4 Å². The smallest absolute Gasteiger partial charge is 0.264 e. The largest absolute Gasteiger partial charge is 0.342 e. The summed E-state index contributed by atoms with van der Waals surface area (Å²) in [6.45, 7) is 2.27. The number of hydrogen-bond acceptors (Lipinski definition) is 4. The minimum Gasteiger partial charge on any atom is -0.342 e. The highest BCUT2D eigenvalue weighted by Crippen LogP contribution is 2.49. The van der Waals surface area contributed by atoms with Crippen LogP contribution < -0.4 is 0 Å². The van der Waals surface area contributed by atoms with Crippen molar-refractivity contribution in [1.82, 2.24) is 19.4 Å². The average Bonchev–Trinajstić information content (AvgIpc) is 3.09. The molecule has 0 N–H and O–H groups in total. The molecule has 2 unspecified atom stereocenters. The third-order valence-electron chi connectivity index (χ3n) is 6.49. The lowest BCUT2D eigenvalue weighted by Gasteiger charge is -2.39. The molecule has 0 radical (unpaired) electrons. The van der Waals surface area contributed by atoms with E-state index >= 15 is 0 Å². The number of rotatable bonds is 4. The summed E-state index contributed by atoms with van der Waals surface area (Å²) >= 11 is 1.46. The monoisotopic (exact) mass is 398 g/mol. The Hall–Kier alpha value is -2.15. The molecule has 0 bridgehead atoms. The maximum Gasteiger partial charge on any atom is 0.264 e. The molecule has 2 aromatic heterocycles. The fraction of sp³-hybridized carbons (Fsp3) is 0.571. The number of hydrogen-bond donors (Lipinski definition) is 0. The minimum atomic E-state index is -0.456. The first-order chi connectivity index (χ1) is 13.6. The van der Waals surface area contributed by atoms with Gasteiger partial charge >= 0.3 is 0 Å². The first kappa shape index (κ1) is 17.9. The molecule has 2 amide bonds. The van der Waals surface area contributed by atoms with Crippen LogP contribution in [0.4, 0.5) is 0 Å². The first-order valence-corrected chi connectivity index (χ1v) is 11.1. The van der Waals surface area contributed by atoms with E-state index in [9.17, 15) is 9.59 Å². The van der Waals surface area contributed by atoms with Crippen LogP contribution >= 0.6 is 11.3 Å². The van der Waals surface area contributed by atoms with E-state index in [4.69, 9.17) is 0 Å². The summed E-state index contributed by atoms with van der Waals surface area (Å²) in [5.74, 6) is 0.971. The SMILES string of the molecule is Cn1cnc(C2CC3(CCCN(CC4CC4)C3=O)CN2C(=O)c2cccs2)c1. The summed E-state index contributed by atoms with van der Waals surface area (Å²) in [5, 5.41) is 1.93. The Morgan fingerprint density at radius 2 is 2.25 bits per heavy atom. The number of imidazole rings is 1. The van der Waals surface area contributed by atoms with Crippen LogP contribution in [0.1, 0.15) is 53.5 Å². The van der Waals surface area contributed by atoms with Crippen LogP contribution in [0.15, 0.2) is 30.0 Å². The number of nitrogens with zero attached hydrogens (tertiary/aromatic N) is 4. The number of aromatic nitrogens is 2. The van der Waals surface area contributed by atoms with Crippen molar-refractivity contribution in [3.63, 3.8) is 0 Å². The number of carbonyl (C=O) groups excluding carboxylic acids is 2. The van der Waals surface area contributed by atoms with Crippen molar-refractivity contribution < 1.29 is 9.59 Å². The Labute approximate surface area is 169 Å². The number of likely N-dealkylation sites (tertiary alicyclic amines) is 2. The fourth-order valence-corrected chi connectivity index (χ4v) is 5.56. The Balaban J connectivity index is 1.47. The second-order valence-corrected chi connectivity index (χ2v) is 9.62. The molecule has 1 spiro atoms. The average molecular weight is 399 g/mol. The third kappa shape index (κ3) is 3.05. The first-order valence-electron chi connectivity index (χ1n) is 10.2. The molecule has 148 valence electrons. The summed E-state index contributed by atoms with van der Waals surface area (Å²) in [4.78, 5) is 36.1. The van der Waals surface area contributed by atoms with Crippen molar-refractivity contribution >= 4 is 23.2 Å². The van der Waals surface area contributed by atoms with E-state index in [1.165, 1.54) is 24.2 Å². The predicted octanol–water partition coefficient (Wildman–Crippen LogP) is 3.09. The lowest BCUT2D eigenvalue weighted by atomic mass is 9.76. The normalized spacial score (nSPS) is 27.8. The van der Waals surface area contributed by atoms with Gasteiger partial charge in [-0.2, -0.15) is 0 Å². The molecule has 5 rings (SSSR count). The van der Waals surface area contributed by atoms with Crippen molar-refractivity contribution in [3.8, 4) is 0 Å². The molecule has 2 aliphatic heterocycles. The molecular formula is C21H26N4O2S. The summed E-state index contributed by atoms with van der Waals surface area (Å²) in [7, 11) is 1.94. The van der Waals surface area contributed by atoms with E-state index in [2.05, 4.69) is 9.88 Å². The second-order valence-electron chi connectivity index (χ2n) is 8.67. The van der Waals surface area contributed by atoms with Crippen molar-refractivity contribution in [1.29, 1.82) is 0 Å². The Bertz CT molecular complexity index is 888. The van der Waals surface area contributed by atoms with Gasteiger partial charge in [0.15, 0.2) is 0 Å². The molecule has 3 aliphatic rings. The van der Waals surface area contributed by atoms with Gasteiger partial charge in [0.1, 0.15) is 0 Å². The Kier molecular flexibility index (Phi) is 4.30. The van der Waals surface area contributed by atoms with Gasteiger partial charge in [0.25, 0.3) is 5.91 Å². The van der Waals surface area contributed by atoms with Crippen LogP contribution in [-0.4, -0.2) is 50.8 Å². The molecular weight excluding hydrogens is 372 g/mol. The number of thiophene rings is 1. The molecule has 2 aromatic rings. The third-order valence-corrected chi connectivity index (χ3v) is 7.35. The van der Waals surface area contributed by atoms with E-state index in [0.29, 0.717) is 18.9 Å². The summed E-state index contributed by atoms with van der Waals surface area (Å²) < 4.78 is 1.91. The van der Waals surface area contributed by atoms with Gasteiger partial charge in [-0.1, -0.05) is 6.07 Å². The number of carbonyl (C=O) groups is 2. The van der Waals surface area contributed by atoms with Crippen molar-refractivity contribution in [2.75, 3.05) is 19.6 Å². The standard InChI is InChI=1S/C21H26N4O2S/c1-23-12-16(22-14-23)17-10-21(13-25(17)19(26)18-4-2-9-28-18)7-3-8-24(20(21)27)11-15-5-6-15/h2,4,9,12,14-15,17H,3,5-8,10-11,13H2,1H3. The summed E-state index contributed by atoms with van der Waals surface area (Å²) in [6, 6.07) is 3.64. The van der Waals surface area contributed by atoms with E-state index in [1.807, 2.05) is 40.2 Å². The van der Waals surface area contributed by atoms with Gasteiger partial charge in [-0.05, 0) is 49.5 Å². The van der Waals surface area contributed by atoms with Crippen molar-refractivity contribution in [2.45, 2.75) is 38.1 Å². The van der Waals surface area contributed by atoms with Gasteiger partial charge in [0.2, 0.25) is 5.91 Å². The summed E-state index contributed by atoms with van der Waals surface area (Å²) in [5.41, 5.74) is 0.429. The molecule has 1 saturated carbocycles. The van der Waals surface area contributed by atoms with Crippen molar-refractivity contribution in [3.05, 3.63) is 40.6 Å². The molecule has 7 heteroatoms. The fourth-order valence-electron chi connectivity index (χ4n) is 4.88. The molecule has 0 aromatic carbocycles. The van der Waals surface area contributed by atoms with Crippen LogP contribution in [0.25, 0.3) is 0 Å².